The Morgan fingerprint density at radius 3 is 2.28 bits per heavy atom. The van der Waals surface area contributed by atoms with E-state index in [1.807, 2.05) is 71.7 Å². The Morgan fingerprint density at radius 1 is 0.985 bits per heavy atom. The molecule has 0 saturated carbocycles. The monoisotopic (exact) mass is 965 g/mol. The average Bonchev–Trinajstić information content (AvgIpc) is 3.91. The molecule has 6 atom stereocenters. The number of likely N-dealkylation sites (N-methyl/N-ethyl adjacent to an activating group) is 2. The highest BCUT2D eigenvalue weighted by atomic mass is 32.1. The molecule has 0 bridgehead atoms. The molecule has 6 amide bonds. The van der Waals surface area contributed by atoms with Crippen LogP contribution in [0.2, 0.25) is 0 Å². The molecule has 68 heavy (non-hydrogen) atoms. The van der Waals surface area contributed by atoms with E-state index in [0.29, 0.717) is 30.0 Å². The lowest BCUT2D eigenvalue weighted by Gasteiger charge is -2.38. The summed E-state index contributed by atoms with van der Waals surface area (Å²) in [4.78, 5) is 101. The minimum Gasteiger partial charge on any atom is -0.455 e. The first kappa shape index (κ1) is 55.5. The van der Waals surface area contributed by atoms with Crippen molar-refractivity contribution >= 4 is 58.5 Å². The predicted octanol–water partition coefficient (Wildman–Crippen LogP) is 6.03. The zero-order valence-electron chi connectivity index (χ0n) is 42.3. The standard InChI is InChI=1S/C50H76N8O9S/c1-13-32(4)42(53-45(63)37-21-17-18-26-56(37)11)47(64)57(12)38(31(2)3)29-39(67-34(6)59)46-52-36(30-68-46)44(62)51-33(5)43(35-19-15-14-16-20-35)54-55-48(65)49(7,8)25-28-66-50(9,10)24-27-58-40(60)22-23-41(58)61/h15,19-20,22-23,30-33,37-39,42H,13-14,16-18,21,24-29H2,1-12H3,(H,51,62)(H,53,63)(H,55,65)/t32-,33+,37+,38+,39+,42-/m0/s1. The number of ether oxygens (including phenoxy) is 2. The number of nitrogens with one attached hydrogen (secondary N) is 3. The Labute approximate surface area is 407 Å². The van der Waals surface area contributed by atoms with Crippen LogP contribution < -0.4 is 16.1 Å². The quantitative estimate of drug-likeness (QED) is 0.0472. The van der Waals surface area contributed by atoms with Gasteiger partial charge in [0.05, 0.1) is 23.4 Å². The number of rotatable bonds is 24. The number of hydrogen-bond acceptors (Lipinski definition) is 13. The van der Waals surface area contributed by atoms with Crippen LogP contribution in [0.15, 0.2) is 46.4 Å². The fourth-order valence-corrected chi connectivity index (χ4v) is 9.21. The fraction of sp³-hybridized carbons (Fsp3) is 0.660. The van der Waals surface area contributed by atoms with Gasteiger partial charge >= 0.3 is 5.97 Å². The minimum atomic E-state index is -0.900. The van der Waals surface area contributed by atoms with Gasteiger partial charge < -0.3 is 25.0 Å². The molecular weight excluding hydrogens is 889 g/mol. The van der Waals surface area contributed by atoms with E-state index in [1.165, 1.54) is 35.3 Å². The van der Waals surface area contributed by atoms with Gasteiger partial charge in [-0.3, -0.25) is 43.4 Å². The van der Waals surface area contributed by atoms with Crippen molar-refractivity contribution in [3.05, 3.63) is 52.0 Å². The lowest BCUT2D eigenvalue weighted by atomic mass is 9.89. The second kappa shape index (κ2) is 25.0. The second-order valence-corrected chi connectivity index (χ2v) is 20.8. The molecule has 2 aliphatic heterocycles. The van der Waals surface area contributed by atoms with Crippen LogP contribution in [0.25, 0.3) is 0 Å². The molecule has 1 fully saturated rings. The lowest BCUT2D eigenvalue weighted by molar-refractivity contribution is -0.149. The first-order valence-corrected chi connectivity index (χ1v) is 25.0. The summed E-state index contributed by atoms with van der Waals surface area (Å²) in [7, 11) is 3.66. The van der Waals surface area contributed by atoms with Crippen molar-refractivity contribution in [2.24, 2.45) is 22.4 Å². The summed E-state index contributed by atoms with van der Waals surface area (Å²) < 4.78 is 12.0. The molecule has 3 aliphatic rings. The number of allylic oxidation sites excluding steroid dienone is 3. The number of amides is 6. The van der Waals surface area contributed by atoms with Crippen LogP contribution >= 0.6 is 11.3 Å². The van der Waals surface area contributed by atoms with Crippen LogP contribution in [0.5, 0.6) is 0 Å². The number of likely N-dealkylation sites (tertiary alicyclic amines) is 1. The van der Waals surface area contributed by atoms with Crippen LogP contribution in [0, 0.1) is 17.3 Å². The number of imide groups is 1. The number of carbonyl (C=O) groups is 7. The maximum Gasteiger partial charge on any atom is 0.303 e. The third-order valence-electron chi connectivity index (χ3n) is 13.3. The first-order valence-electron chi connectivity index (χ1n) is 24.1. The van der Waals surface area contributed by atoms with Crippen LogP contribution in [-0.4, -0.2) is 130 Å². The molecule has 0 spiro atoms. The summed E-state index contributed by atoms with van der Waals surface area (Å²) in [5.41, 5.74) is 2.45. The summed E-state index contributed by atoms with van der Waals surface area (Å²) in [5.74, 6) is -2.67. The van der Waals surface area contributed by atoms with Gasteiger partial charge in [0, 0.05) is 62.5 Å². The van der Waals surface area contributed by atoms with E-state index < -0.39 is 47.1 Å². The van der Waals surface area contributed by atoms with Gasteiger partial charge in [-0.2, -0.15) is 5.10 Å². The van der Waals surface area contributed by atoms with Gasteiger partial charge in [0.1, 0.15) is 16.7 Å². The Hall–Kier alpha value is -5.07. The average molecular weight is 965 g/mol. The molecule has 18 heteroatoms. The number of hydrogen-bond donors (Lipinski definition) is 3. The van der Waals surface area contributed by atoms with Gasteiger partial charge in [-0.25, -0.2) is 10.4 Å². The maximum absolute atomic E-state index is 14.3. The number of nitrogens with zero attached hydrogens (tertiary/aromatic N) is 5. The van der Waals surface area contributed by atoms with E-state index in [1.54, 1.807) is 38.1 Å². The van der Waals surface area contributed by atoms with Crippen molar-refractivity contribution in [2.75, 3.05) is 33.8 Å². The van der Waals surface area contributed by atoms with E-state index in [4.69, 9.17) is 9.47 Å². The van der Waals surface area contributed by atoms with Gasteiger partial charge in [-0.1, -0.05) is 72.6 Å². The fourth-order valence-electron chi connectivity index (χ4n) is 8.37. The number of carbonyl (C=O) groups excluding carboxylic acids is 7. The SMILES string of the molecule is CC[C@H](C)[C@H](NC(=O)[C@H]1CCCCN1C)C(=O)N(C)[C@H](C[C@@H](OC(C)=O)c1nc(C(=O)N[C@H](C)C(=NNC(=O)C(C)(C)CCOC(C)(C)CCN2C(=O)C=CC2=O)C2=CCCC=C2)cs1)C(C)C. The molecule has 3 N–H and O–H groups in total. The van der Waals surface area contributed by atoms with Gasteiger partial charge in [-0.15, -0.1) is 11.3 Å². The molecule has 1 saturated heterocycles. The second-order valence-electron chi connectivity index (χ2n) is 20.0. The van der Waals surface area contributed by atoms with E-state index in [0.717, 1.165) is 44.2 Å². The third-order valence-corrected chi connectivity index (χ3v) is 14.2. The van der Waals surface area contributed by atoms with Gasteiger partial charge in [0.15, 0.2) is 6.10 Å². The smallest absolute Gasteiger partial charge is 0.303 e. The number of piperidine rings is 1. The molecule has 1 aromatic rings. The Morgan fingerprint density at radius 2 is 1.68 bits per heavy atom. The number of hydrazone groups is 1. The van der Waals surface area contributed by atoms with Crippen molar-refractivity contribution in [2.45, 2.75) is 163 Å². The number of esters is 1. The Kier molecular flexibility index (Phi) is 20.4. The van der Waals surface area contributed by atoms with Crippen molar-refractivity contribution in [3.8, 4) is 0 Å². The molecule has 376 valence electrons. The molecule has 1 aliphatic carbocycles. The molecule has 4 rings (SSSR count). The minimum absolute atomic E-state index is 0.0774. The lowest BCUT2D eigenvalue weighted by Crippen LogP contribution is -2.58. The van der Waals surface area contributed by atoms with Crippen molar-refractivity contribution in [3.63, 3.8) is 0 Å². The zero-order chi connectivity index (χ0) is 50.5. The number of thiazole rings is 1. The van der Waals surface area contributed by atoms with Crippen LogP contribution in [-0.2, 0) is 38.2 Å². The van der Waals surface area contributed by atoms with E-state index >= 15 is 0 Å². The first-order chi connectivity index (χ1) is 32.0. The highest BCUT2D eigenvalue weighted by Crippen LogP contribution is 2.32. The summed E-state index contributed by atoms with van der Waals surface area (Å²) >= 11 is 1.17. The summed E-state index contributed by atoms with van der Waals surface area (Å²) in [5, 5.41) is 12.6. The normalized spacial score (nSPS) is 19.2. The van der Waals surface area contributed by atoms with Crippen LogP contribution in [0.1, 0.15) is 149 Å². The van der Waals surface area contributed by atoms with Crippen molar-refractivity contribution in [1.82, 2.24) is 35.7 Å². The van der Waals surface area contributed by atoms with E-state index in [-0.39, 0.29) is 72.7 Å². The molecule has 0 radical (unpaired) electrons. The van der Waals surface area contributed by atoms with Crippen molar-refractivity contribution in [1.29, 1.82) is 0 Å². The Bertz CT molecular complexity index is 2090. The third kappa shape index (κ3) is 15.5. The molecule has 3 heterocycles. The van der Waals surface area contributed by atoms with Crippen LogP contribution in [0.3, 0.4) is 0 Å². The molecule has 0 unspecified atom stereocenters. The molecule has 1 aromatic heterocycles. The topological polar surface area (TPSA) is 209 Å². The highest BCUT2D eigenvalue weighted by molar-refractivity contribution is 7.09. The number of aromatic nitrogens is 1. The van der Waals surface area contributed by atoms with E-state index in [2.05, 4.69) is 26.1 Å². The zero-order valence-corrected chi connectivity index (χ0v) is 43.1. The van der Waals surface area contributed by atoms with Crippen molar-refractivity contribution < 1.29 is 43.0 Å². The summed E-state index contributed by atoms with van der Waals surface area (Å²) in [6, 6.07) is -2.14. The maximum atomic E-state index is 14.3. The Balaban J connectivity index is 1.44. The molecule has 17 nitrogen and oxygen atoms in total. The van der Waals surface area contributed by atoms with E-state index in [9.17, 15) is 33.6 Å². The molecule has 0 aromatic carbocycles. The van der Waals surface area contributed by atoms with Gasteiger partial charge in [0.25, 0.3) is 17.7 Å². The van der Waals surface area contributed by atoms with Gasteiger partial charge in [0.2, 0.25) is 17.7 Å². The summed E-state index contributed by atoms with van der Waals surface area (Å²) in [6.45, 7) is 19.6. The summed E-state index contributed by atoms with van der Waals surface area (Å²) in [6.07, 6.45) is 13.5. The molecular formula is C50H76N8O9S. The predicted molar refractivity (Wildman–Crippen MR) is 262 cm³/mol. The van der Waals surface area contributed by atoms with Gasteiger partial charge in [-0.05, 0) is 90.3 Å². The largest absolute Gasteiger partial charge is 0.455 e. The van der Waals surface area contributed by atoms with Crippen LogP contribution in [0.4, 0.5) is 0 Å². The highest BCUT2D eigenvalue weighted by Gasteiger charge is 2.38.